The summed E-state index contributed by atoms with van der Waals surface area (Å²) in [6, 6.07) is 37.2. The smallest absolute Gasteiger partial charge is 0.121 e. The molecular formula is C35H34N4. The molecule has 1 fully saturated rings. The zero-order valence-electron chi connectivity index (χ0n) is 22.2. The van der Waals surface area contributed by atoms with Gasteiger partial charge in [-0.05, 0) is 66.5 Å². The average molecular weight is 511 g/mol. The van der Waals surface area contributed by atoms with Gasteiger partial charge in [-0.3, -0.25) is 9.88 Å². The number of pyridine rings is 1. The van der Waals surface area contributed by atoms with Gasteiger partial charge in [0.15, 0.2) is 0 Å². The van der Waals surface area contributed by atoms with Crippen LogP contribution in [0, 0.1) is 5.92 Å². The Labute approximate surface area is 231 Å². The second-order valence-corrected chi connectivity index (χ2v) is 11.0. The maximum Gasteiger partial charge on any atom is 0.121 e. The molecular weight excluding hydrogens is 476 g/mol. The van der Waals surface area contributed by atoms with Crippen LogP contribution in [0.25, 0.3) is 0 Å². The maximum atomic E-state index is 5.05. The standard InChI is InChI=1S/C35H34N4/c1-4-14-29(15-5-1)35(30-16-6-2-7-17-30,31-18-8-3-9-19-31)39-25-32(37-26-39)24-38-23-11-13-28-21-20-27-12-10-22-36-33(27)34(28)38/h1-10,12,14-19,22,25-26,28,34H,11,13,20-21,23-24H2/t28-,34-/m0/s1. The van der Waals surface area contributed by atoms with Gasteiger partial charge in [0, 0.05) is 18.9 Å². The summed E-state index contributed by atoms with van der Waals surface area (Å²) in [5.41, 5.74) is 6.94. The molecule has 0 unspecified atom stereocenters. The lowest BCUT2D eigenvalue weighted by molar-refractivity contribution is 0.0686. The summed E-state index contributed by atoms with van der Waals surface area (Å²) < 4.78 is 2.33. The summed E-state index contributed by atoms with van der Waals surface area (Å²) in [5, 5.41) is 0. The maximum absolute atomic E-state index is 5.05. The van der Waals surface area contributed by atoms with E-state index in [4.69, 9.17) is 9.97 Å². The first-order valence-corrected chi connectivity index (χ1v) is 14.2. The second-order valence-electron chi connectivity index (χ2n) is 11.0. The fraction of sp³-hybridized carbons (Fsp3) is 0.257. The van der Waals surface area contributed by atoms with E-state index in [2.05, 4.69) is 119 Å². The van der Waals surface area contributed by atoms with Gasteiger partial charge in [0.25, 0.3) is 0 Å². The van der Waals surface area contributed by atoms with Crippen molar-refractivity contribution in [2.24, 2.45) is 5.92 Å². The fourth-order valence-electron chi connectivity index (χ4n) is 7.12. The number of benzene rings is 3. The third kappa shape index (κ3) is 4.20. The van der Waals surface area contributed by atoms with Gasteiger partial charge < -0.3 is 4.57 Å². The van der Waals surface area contributed by atoms with E-state index in [9.17, 15) is 0 Å². The highest BCUT2D eigenvalue weighted by molar-refractivity contribution is 5.50. The van der Waals surface area contributed by atoms with Gasteiger partial charge in [0.05, 0.1) is 23.8 Å². The van der Waals surface area contributed by atoms with Crippen molar-refractivity contribution in [2.45, 2.75) is 43.8 Å². The molecule has 2 aromatic heterocycles. The molecule has 0 radical (unpaired) electrons. The molecule has 0 bridgehead atoms. The van der Waals surface area contributed by atoms with E-state index in [-0.39, 0.29) is 0 Å². The molecule has 7 rings (SSSR count). The molecule has 0 N–H and O–H groups in total. The van der Waals surface area contributed by atoms with Crippen LogP contribution >= 0.6 is 0 Å². The van der Waals surface area contributed by atoms with Crippen molar-refractivity contribution in [1.29, 1.82) is 0 Å². The molecule has 2 aliphatic rings. The fourth-order valence-corrected chi connectivity index (χ4v) is 7.12. The molecule has 1 saturated heterocycles. The zero-order valence-corrected chi connectivity index (χ0v) is 22.2. The zero-order chi connectivity index (χ0) is 26.1. The van der Waals surface area contributed by atoms with E-state index < -0.39 is 5.54 Å². The topological polar surface area (TPSA) is 34.0 Å². The molecule has 4 nitrogen and oxygen atoms in total. The van der Waals surface area contributed by atoms with E-state index >= 15 is 0 Å². The summed E-state index contributed by atoms with van der Waals surface area (Å²) in [7, 11) is 0. The summed E-state index contributed by atoms with van der Waals surface area (Å²) >= 11 is 0. The van der Waals surface area contributed by atoms with Gasteiger partial charge in [-0.25, -0.2) is 4.98 Å². The number of hydrogen-bond acceptors (Lipinski definition) is 3. The number of aryl methyl sites for hydroxylation is 1. The Hall–Kier alpha value is -4.02. The van der Waals surface area contributed by atoms with Crippen molar-refractivity contribution in [3.05, 3.63) is 155 Å². The number of nitrogens with zero attached hydrogens (tertiary/aromatic N) is 4. The Kier molecular flexibility index (Phi) is 6.34. The van der Waals surface area contributed by atoms with Gasteiger partial charge in [0.1, 0.15) is 5.54 Å². The van der Waals surface area contributed by atoms with Crippen LogP contribution < -0.4 is 0 Å². The van der Waals surface area contributed by atoms with E-state index in [1.807, 2.05) is 12.5 Å². The van der Waals surface area contributed by atoms with Crippen molar-refractivity contribution in [3.63, 3.8) is 0 Å². The van der Waals surface area contributed by atoms with Crippen molar-refractivity contribution >= 4 is 0 Å². The Morgan fingerprint density at radius 1 is 0.718 bits per heavy atom. The van der Waals surface area contributed by atoms with Crippen LogP contribution in [0.2, 0.25) is 0 Å². The molecule has 194 valence electrons. The van der Waals surface area contributed by atoms with Crippen molar-refractivity contribution in [2.75, 3.05) is 6.54 Å². The highest BCUT2D eigenvalue weighted by Crippen LogP contribution is 2.44. The second kappa shape index (κ2) is 10.3. The van der Waals surface area contributed by atoms with Crippen LogP contribution in [0.15, 0.2) is 122 Å². The highest BCUT2D eigenvalue weighted by Gasteiger charge is 2.40. The molecule has 3 heterocycles. The Morgan fingerprint density at radius 3 is 2.00 bits per heavy atom. The van der Waals surface area contributed by atoms with Gasteiger partial charge in [-0.15, -0.1) is 0 Å². The van der Waals surface area contributed by atoms with Gasteiger partial charge in [-0.1, -0.05) is 97.1 Å². The molecule has 2 atom stereocenters. The lowest BCUT2D eigenvalue weighted by Crippen LogP contribution is -2.41. The first-order valence-electron chi connectivity index (χ1n) is 14.2. The predicted molar refractivity (Wildman–Crippen MR) is 155 cm³/mol. The molecule has 39 heavy (non-hydrogen) atoms. The highest BCUT2D eigenvalue weighted by atomic mass is 15.2. The Balaban J connectivity index is 1.32. The first-order chi connectivity index (χ1) is 19.3. The van der Waals surface area contributed by atoms with Crippen LogP contribution in [0.5, 0.6) is 0 Å². The van der Waals surface area contributed by atoms with Crippen LogP contribution in [0.1, 0.15) is 58.9 Å². The van der Waals surface area contributed by atoms with E-state index in [0.717, 1.165) is 25.2 Å². The van der Waals surface area contributed by atoms with Crippen LogP contribution in [-0.4, -0.2) is 26.0 Å². The van der Waals surface area contributed by atoms with Gasteiger partial charge >= 0.3 is 0 Å². The SMILES string of the molecule is c1ccc(C(c2ccccc2)(c2ccccc2)n2cnc(CN3CCC[C@H]4CCc5cccnc5[C@H]43)c2)cc1. The largest absolute Gasteiger partial charge is 0.319 e. The normalized spacial score (nSPS) is 19.3. The number of fused-ring (bicyclic) bond motifs is 3. The predicted octanol–water partition coefficient (Wildman–Crippen LogP) is 7.02. The summed E-state index contributed by atoms with van der Waals surface area (Å²) in [5.74, 6) is 0.681. The molecule has 1 aliphatic carbocycles. The summed E-state index contributed by atoms with van der Waals surface area (Å²) in [6.45, 7) is 1.92. The molecule has 0 amide bonds. The lowest BCUT2D eigenvalue weighted by atomic mass is 9.76. The molecule has 4 heteroatoms. The number of aromatic nitrogens is 3. The van der Waals surface area contributed by atoms with Gasteiger partial charge in [-0.2, -0.15) is 0 Å². The Bertz CT molecular complexity index is 1430. The minimum absolute atomic E-state index is 0.385. The Morgan fingerprint density at radius 2 is 1.36 bits per heavy atom. The minimum atomic E-state index is -0.529. The van der Waals surface area contributed by atoms with Crippen LogP contribution in [0.4, 0.5) is 0 Å². The quantitative estimate of drug-likeness (QED) is 0.230. The molecule has 0 saturated carbocycles. The van der Waals surface area contributed by atoms with Crippen molar-refractivity contribution < 1.29 is 0 Å². The average Bonchev–Trinajstić information content (AvgIpc) is 3.48. The third-order valence-corrected chi connectivity index (χ3v) is 8.81. The monoisotopic (exact) mass is 510 g/mol. The molecule has 3 aromatic carbocycles. The third-order valence-electron chi connectivity index (χ3n) is 8.81. The number of likely N-dealkylation sites (tertiary alicyclic amines) is 1. The lowest BCUT2D eigenvalue weighted by Gasteiger charge is -2.44. The minimum Gasteiger partial charge on any atom is -0.319 e. The van der Waals surface area contributed by atoms with E-state index in [0.29, 0.717) is 12.0 Å². The number of imidazole rings is 1. The summed E-state index contributed by atoms with van der Waals surface area (Å²) in [4.78, 5) is 12.6. The first kappa shape index (κ1) is 24.1. The van der Waals surface area contributed by atoms with Crippen LogP contribution in [0.3, 0.4) is 0 Å². The number of hydrogen-bond donors (Lipinski definition) is 0. The van der Waals surface area contributed by atoms with E-state index in [1.54, 1.807) is 0 Å². The molecule has 5 aromatic rings. The summed E-state index contributed by atoms with van der Waals surface area (Å²) in [6.07, 6.45) is 11.2. The molecule has 0 spiro atoms. The van der Waals surface area contributed by atoms with Gasteiger partial charge in [0.2, 0.25) is 0 Å². The van der Waals surface area contributed by atoms with Crippen LogP contribution in [-0.2, 0) is 18.5 Å². The molecule has 1 aliphatic heterocycles. The van der Waals surface area contributed by atoms with E-state index in [1.165, 1.54) is 47.2 Å². The van der Waals surface area contributed by atoms with Crippen molar-refractivity contribution in [1.82, 2.24) is 19.4 Å². The van der Waals surface area contributed by atoms with Crippen molar-refractivity contribution in [3.8, 4) is 0 Å². The number of rotatable bonds is 6. The number of piperidine rings is 1.